The molecule has 0 unspecified atom stereocenters. The fourth-order valence-electron chi connectivity index (χ4n) is 3.20. The van der Waals surface area contributed by atoms with E-state index in [2.05, 4.69) is 39.7 Å². The fourth-order valence-corrected chi connectivity index (χ4v) is 3.20. The van der Waals surface area contributed by atoms with Gasteiger partial charge in [-0.05, 0) is 38.3 Å². The summed E-state index contributed by atoms with van der Waals surface area (Å²) in [7, 11) is 0. The van der Waals surface area contributed by atoms with Gasteiger partial charge in [-0.1, -0.05) is 13.8 Å². The predicted octanol–water partition coefficient (Wildman–Crippen LogP) is 2.27. The summed E-state index contributed by atoms with van der Waals surface area (Å²) in [5, 5.41) is 0. The van der Waals surface area contributed by atoms with E-state index in [0.29, 0.717) is 5.92 Å². The van der Waals surface area contributed by atoms with E-state index in [4.69, 9.17) is 0 Å². The van der Waals surface area contributed by atoms with Gasteiger partial charge in [0.25, 0.3) is 0 Å². The van der Waals surface area contributed by atoms with Crippen LogP contribution in [0, 0.1) is 0 Å². The third kappa shape index (κ3) is 2.73. The molecule has 3 heterocycles. The summed E-state index contributed by atoms with van der Waals surface area (Å²) in [4.78, 5) is 13.9. The van der Waals surface area contributed by atoms with Crippen molar-refractivity contribution in [1.29, 1.82) is 0 Å². The minimum absolute atomic E-state index is 0.471. The summed E-state index contributed by atoms with van der Waals surface area (Å²) in [5.74, 6) is 1.58. The van der Waals surface area contributed by atoms with Gasteiger partial charge in [0.2, 0.25) is 0 Å². The third-order valence-electron chi connectivity index (χ3n) is 4.41. The molecule has 2 saturated heterocycles. The summed E-state index contributed by atoms with van der Waals surface area (Å²) in [6.07, 6.45) is 5.75. The van der Waals surface area contributed by atoms with Gasteiger partial charge in [-0.15, -0.1) is 0 Å². The molecule has 4 nitrogen and oxygen atoms in total. The van der Waals surface area contributed by atoms with Gasteiger partial charge in [0, 0.05) is 30.9 Å². The molecule has 0 bridgehead atoms. The average Bonchev–Trinajstić information content (AvgIpc) is 3.09. The molecule has 2 aliphatic heterocycles. The Hall–Kier alpha value is -1.16. The first kappa shape index (κ1) is 12.9. The summed E-state index contributed by atoms with van der Waals surface area (Å²) < 4.78 is 0. The van der Waals surface area contributed by atoms with E-state index in [9.17, 15) is 0 Å². The van der Waals surface area contributed by atoms with Crippen molar-refractivity contribution in [3.63, 3.8) is 0 Å². The van der Waals surface area contributed by atoms with Crippen LogP contribution in [0.4, 0.5) is 5.82 Å². The fraction of sp³-hybridized carbons (Fsp3) is 0.733. The lowest BCUT2D eigenvalue weighted by molar-refractivity contribution is 0.260. The van der Waals surface area contributed by atoms with Gasteiger partial charge in [0.05, 0.1) is 0 Å². The lowest BCUT2D eigenvalue weighted by atomic mass is 10.1. The van der Waals surface area contributed by atoms with Crippen molar-refractivity contribution in [1.82, 2.24) is 14.9 Å². The summed E-state index contributed by atoms with van der Waals surface area (Å²) in [6.45, 7) is 9.22. The van der Waals surface area contributed by atoms with Crippen molar-refractivity contribution in [2.75, 3.05) is 31.1 Å². The lowest BCUT2D eigenvalue weighted by Crippen LogP contribution is -2.35. The Morgan fingerprint density at radius 2 is 1.95 bits per heavy atom. The summed E-state index contributed by atoms with van der Waals surface area (Å²) in [5.41, 5.74) is 1.15. The third-order valence-corrected chi connectivity index (χ3v) is 4.41. The van der Waals surface area contributed by atoms with Crippen molar-refractivity contribution in [2.24, 2.45) is 0 Å². The highest BCUT2D eigenvalue weighted by molar-refractivity contribution is 5.41. The van der Waals surface area contributed by atoms with Crippen LogP contribution >= 0.6 is 0 Å². The van der Waals surface area contributed by atoms with Gasteiger partial charge in [0.1, 0.15) is 12.1 Å². The normalized spacial score (nSPS) is 24.6. The van der Waals surface area contributed by atoms with Crippen LogP contribution in [0.2, 0.25) is 0 Å². The second-order valence-corrected chi connectivity index (χ2v) is 6.09. The zero-order valence-corrected chi connectivity index (χ0v) is 12.0. The summed E-state index contributed by atoms with van der Waals surface area (Å²) >= 11 is 0. The molecule has 0 spiro atoms. The minimum Gasteiger partial charge on any atom is -0.355 e. The molecule has 104 valence electrons. The van der Waals surface area contributed by atoms with Gasteiger partial charge >= 0.3 is 0 Å². The number of aromatic nitrogens is 2. The van der Waals surface area contributed by atoms with Crippen LogP contribution in [-0.4, -0.2) is 47.1 Å². The van der Waals surface area contributed by atoms with E-state index in [1.165, 1.54) is 32.4 Å². The SMILES string of the molecule is CC(C)c1cc(N2CC[C@@H](N3CCCC3)C2)ncn1. The molecular weight excluding hydrogens is 236 g/mol. The second-order valence-electron chi connectivity index (χ2n) is 6.09. The second kappa shape index (κ2) is 5.45. The number of rotatable bonds is 3. The topological polar surface area (TPSA) is 32.3 Å². The average molecular weight is 260 g/mol. The Morgan fingerprint density at radius 1 is 1.16 bits per heavy atom. The Bertz CT molecular complexity index is 426. The first-order chi connectivity index (χ1) is 9.24. The van der Waals surface area contributed by atoms with Crippen LogP contribution < -0.4 is 4.90 Å². The molecule has 0 aromatic carbocycles. The predicted molar refractivity (Wildman–Crippen MR) is 77.5 cm³/mol. The molecule has 0 N–H and O–H groups in total. The molecule has 3 rings (SSSR count). The van der Waals surface area contributed by atoms with E-state index in [0.717, 1.165) is 30.6 Å². The van der Waals surface area contributed by atoms with E-state index >= 15 is 0 Å². The molecular formula is C15H24N4. The van der Waals surface area contributed by atoms with E-state index < -0.39 is 0 Å². The molecule has 4 heteroatoms. The monoisotopic (exact) mass is 260 g/mol. The molecule has 2 aliphatic rings. The smallest absolute Gasteiger partial charge is 0.132 e. The maximum atomic E-state index is 4.46. The number of hydrogen-bond donors (Lipinski definition) is 0. The van der Waals surface area contributed by atoms with Crippen LogP contribution in [0.25, 0.3) is 0 Å². The van der Waals surface area contributed by atoms with Crippen LogP contribution in [0.3, 0.4) is 0 Å². The molecule has 1 atom stereocenters. The first-order valence-corrected chi connectivity index (χ1v) is 7.55. The van der Waals surface area contributed by atoms with Crippen LogP contribution in [0.5, 0.6) is 0 Å². The standard InChI is InChI=1S/C15H24N4/c1-12(2)14-9-15(17-11-16-14)19-8-5-13(10-19)18-6-3-4-7-18/h9,11-13H,3-8,10H2,1-2H3/t13-/m1/s1. The quantitative estimate of drug-likeness (QED) is 0.834. The van der Waals surface area contributed by atoms with Crippen molar-refractivity contribution in [2.45, 2.75) is 45.1 Å². The molecule has 0 aliphatic carbocycles. The van der Waals surface area contributed by atoms with E-state index in [-0.39, 0.29) is 0 Å². The molecule has 2 fully saturated rings. The molecule has 0 radical (unpaired) electrons. The highest BCUT2D eigenvalue weighted by Gasteiger charge is 2.29. The van der Waals surface area contributed by atoms with Gasteiger partial charge < -0.3 is 4.90 Å². The zero-order valence-electron chi connectivity index (χ0n) is 12.0. The first-order valence-electron chi connectivity index (χ1n) is 7.55. The van der Waals surface area contributed by atoms with Crippen molar-refractivity contribution < 1.29 is 0 Å². The Labute approximate surface area is 115 Å². The number of likely N-dealkylation sites (tertiary alicyclic amines) is 1. The van der Waals surface area contributed by atoms with Crippen LogP contribution in [-0.2, 0) is 0 Å². The van der Waals surface area contributed by atoms with Gasteiger partial charge in [0.15, 0.2) is 0 Å². The molecule has 19 heavy (non-hydrogen) atoms. The molecule has 1 aromatic rings. The Balaban J connectivity index is 1.68. The van der Waals surface area contributed by atoms with E-state index in [1.807, 2.05) is 0 Å². The number of nitrogens with zero attached hydrogens (tertiary/aromatic N) is 4. The zero-order chi connectivity index (χ0) is 13.2. The van der Waals surface area contributed by atoms with Gasteiger partial charge in [-0.25, -0.2) is 9.97 Å². The Kier molecular flexibility index (Phi) is 3.69. The molecule has 0 saturated carbocycles. The van der Waals surface area contributed by atoms with Gasteiger partial charge in [-0.2, -0.15) is 0 Å². The van der Waals surface area contributed by atoms with Crippen LogP contribution in [0.1, 0.15) is 44.7 Å². The van der Waals surface area contributed by atoms with E-state index in [1.54, 1.807) is 6.33 Å². The summed E-state index contributed by atoms with van der Waals surface area (Å²) in [6, 6.07) is 2.90. The largest absolute Gasteiger partial charge is 0.355 e. The number of anilines is 1. The minimum atomic E-state index is 0.471. The van der Waals surface area contributed by atoms with Crippen molar-refractivity contribution in [3.8, 4) is 0 Å². The highest BCUT2D eigenvalue weighted by Crippen LogP contribution is 2.25. The van der Waals surface area contributed by atoms with Crippen molar-refractivity contribution >= 4 is 5.82 Å². The maximum absolute atomic E-state index is 4.46. The van der Waals surface area contributed by atoms with Crippen molar-refractivity contribution in [3.05, 3.63) is 18.1 Å². The molecule has 1 aromatic heterocycles. The highest BCUT2D eigenvalue weighted by atomic mass is 15.3. The molecule has 0 amide bonds. The maximum Gasteiger partial charge on any atom is 0.132 e. The number of hydrogen-bond acceptors (Lipinski definition) is 4. The van der Waals surface area contributed by atoms with Crippen LogP contribution in [0.15, 0.2) is 12.4 Å². The van der Waals surface area contributed by atoms with Gasteiger partial charge in [-0.3, -0.25) is 4.90 Å². The lowest BCUT2D eigenvalue weighted by Gasteiger charge is -2.24. The Morgan fingerprint density at radius 3 is 2.68 bits per heavy atom.